The molecule has 1 N–H and O–H groups in total. The molecule has 0 aliphatic rings. The van der Waals surface area contributed by atoms with Gasteiger partial charge in [-0.05, 0) is 70.6 Å². The minimum atomic E-state index is -0.773. The molecule has 0 fully saturated rings. The van der Waals surface area contributed by atoms with Gasteiger partial charge in [0.2, 0.25) is 0 Å². The van der Waals surface area contributed by atoms with Crippen molar-refractivity contribution in [3.05, 3.63) is 48.6 Å². The number of carbonyl (C=O) groups is 2. The molecule has 0 aromatic rings. The van der Waals surface area contributed by atoms with Gasteiger partial charge in [-0.2, -0.15) is 0 Å². The minimum Gasteiger partial charge on any atom is -0.462 e. The molecule has 0 aromatic heterocycles. The molecule has 0 radical (unpaired) electrons. The van der Waals surface area contributed by atoms with E-state index in [0.717, 1.165) is 57.8 Å². The van der Waals surface area contributed by atoms with Crippen LogP contribution in [-0.2, 0) is 19.1 Å². The number of carbonyl (C=O) groups excluding carboxylic acids is 2. The van der Waals surface area contributed by atoms with E-state index >= 15 is 0 Å². The fourth-order valence-electron chi connectivity index (χ4n) is 6.90. The SMILES string of the molecule is CCCC/C=C\CCCCCCCC(=O)OCC(CO)OC(=O)CCCCCCCCCCCCCCCCCC/C=C\C/C=C\C/C=C\CCCCCCC. The highest BCUT2D eigenvalue weighted by Crippen LogP contribution is 2.15. The predicted octanol–water partition coefficient (Wildman–Crippen LogP) is 15.7. The molecule has 0 spiro atoms. The smallest absolute Gasteiger partial charge is 0.306 e. The first-order valence-corrected chi connectivity index (χ1v) is 24.2. The summed E-state index contributed by atoms with van der Waals surface area (Å²) in [6.07, 6.45) is 60.7. The third kappa shape index (κ3) is 44.6. The first-order chi connectivity index (χ1) is 27.6. The topological polar surface area (TPSA) is 72.8 Å². The second-order valence-electron chi connectivity index (χ2n) is 16.2. The summed E-state index contributed by atoms with van der Waals surface area (Å²) < 4.78 is 10.6. The van der Waals surface area contributed by atoms with E-state index < -0.39 is 6.10 Å². The molecule has 56 heavy (non-hydrogen) atoms. The molecule has 0 bridgehead atoms. The van der Waals surface area contributed by atoms with Gasteiger partial charge < -0.3 is 14.6 Å². The quantitative estimate of drug-likeness (QED) is 0.0378. The van der Waals surface area contributed by atoms with E-state index in [4.69, 9.17) is 9.47 Å². The predicted molar refractivity (Wildman–Crippen MR) is 242 cm³/mol. The summed E-state index contributed by atoms with van der Waals surface area (Å²) >= 11 is 0. The van der Waals surface area contributed by atoms with Crippen molar-refractivity contribution in [3.63, 3.8) is 0 Å². The number of esters is 2. The van der Waals surface area contributed by atoms with E-state index in [1.807, 2.05) is 0 Å². The van der Waals surface area contributed by atoms with Gasteiger partial charge in [0.05, 0.1) is 6.61 Å². The van der Waals surface area contributed by atoms with Crippen molar-refractivity contribution >= 4 is 11.9 Å². The molecule has 0 amide bonds. The Morgan fingerprint density at radius 1 is 0.411 bits per heavy atom. The minimum absolute atomic E-state index is 0.0688. The van der Waals surface area contributed by atoms with E-state index in [2.05, 4.69) is 62.5 Å². The molecular formula is C51H92O5. The van der Waals surface area contributed by atoms with Crippen LogP contribution in [0.5, 0.6) is 0 Å². The normalized spacial score (nSPS) is 12.6. The summed E-state index contributed by atoms with van der Waals surface area (Å²) in [6, 6.07) is 0. The molecule has 0 saturated heterocycles. The van der Waals surface area contributed by atoms with E-state index in [9.17, 15) is 14.7 Å². The zero-order chi connectivity index (χ0) is 40.7. The maximum atomic E-state index is 12.2. The summed E-state index contributed by atoms with van der Waals surface area (Å²) in [6.45, 7) is 4.09. The van der Waals surface area contributed by atoms with Crippen LogP contribution >= 0.6 is 0 Å². The first kappa shape index (κ1) is 53.9. The highest BCUT2D eigenvalue weighted by molar-refractivity contribution is 5.70. The Morgan fingerprint density at radius 2 is 0.732 bits per heavy atom. The second-order valence-corrected chi connectivity index (χ2v) is 16.2. The van der Waals surface area contributed by atoms with Gasteiger partial charge in [0.25, 0.3) is 0 Å². The van der Waals surface area contributed by atoms with Crippen molar-refractivity contribution in [1.29, 1.82) is 0 Å². The number of aliphatic hydroxyl groups excluding tert-OH is 1. The Kier molecular flexibility index (Phi) is 45.4. The Hall–Kier alpha value is -2.14. The molecule has 0 heterocycles. The van der Waals surface area contributed by atoms with Gasteiger partial charge in [-0.1, -0.05) is 210 Å². The van der Waals surface area contributed by atoms with Crippen molar-refractivity contribution in [1.82, 2.24) is 0 Å². The number of allylic oxidation sites excluding steroid dienone is 8. The lowest BCUT2D eigenvalue weighted by Crippen LogP contribution is -2.28. The summed E-state index contributed by atoms with van der Waals surface area (Å²) in [7, 11) is 0. The summed E-state index contributed by atoms with van der Waals surface area (Å²) in [4.78, 5) is 24.3. The Bertz CT molecular complexity index is 935. The molecule has 1 atom stereocenters. The molecule has 326 valence electrons. The molecule has 0 aromatic carbocycles. The third-order valence-electron chi connectivity index (χ3n) is 10.6. The molecule has 0 saturated carbocycles. The van der Waals surface area contributed by atoms with E-state index in [-0.39, 0.29) is 25.2 Å². The number of rotatable bonds is 44. The number of unbranched alkanes of at least 4 members (excludes halogenated alkanes) is 28. The van der Waals surface area contributed by atoms with Crippen LogP contribution in [0.25, 0.3) is 0 Å². The van der Waals surface area contributed by atoms with Crippen LogP contribution in [0.2, 0.25) is 0 Å². The van der Waals surface area contributed by atoms with Crippen molar-refractivity contribution in [3.8, 4) is 0 Å². The van der Waals surface area contributed by atoms with E-state index in [0.29, 0.717) is 12.8 Å². The van der Waals surface area contributed by atoms with Crippen LogP contribution in [0.1, 0.15) is 245 Å². The summed E-state index contributed by atoms with van der Waals surface area (Å²) in [5.74, 6) is -0.597. The number of hydrogen-bond acceptors (Lipinski definition) is 5. The van der Waals surface area contributed by atoms with Gasteiger partial charge in [0, 0.05) is 12.8 Å². The van der Waals surface area contributed by atoms with Crippen molar-refractivity contribution in [2.75, 3.05) is 13.2 Å². The lowest BCUT2D eigenvalue weighted by Gasteiger charge is -2.15. The van der Waals surface area contributed by atoms with Crippen LogP contribution in [0.4, 0.5) is 0 Å². The first-order valence-electron chi connectivity index (χ1n) is 24.2. The number of ether oxygens (including phenoxy) is 2. The zero-order valence-corrected chi connectivity index (χ0v) is 37.1. The molecule has 0 rings (SSSR count). The zero-order valence-electron chi connectivity index (χ0n) is 37.1. The number of hydrogen-bond donors (Lipinski definition) is 1. The second kappa shape index (κ2) is 47.2. The summed E-state index contributed by atoms with van der Waals surface area (Å²) in [5.41, 5.74) is 0. The molecule has 0 aliphatic heterocycles. The Morgan fingerprint density at radius 3 is 1.14 bits per heavy atom. The van der Waals surface area contributed by atoms with E-state index in [1.54, 1.807) is 0 Å². The maximum Gasteiger partial charge on any atom is 0.306 e. The largest absolute Gasteiger partial charge is 0.462 e. The molecular weight excluding hydrogens is 693 g/mol. The van der Waals surface area contributed by atoms with Crippen molar-refractivity contribution in [2.24, 2.45) is 0 Å². The van der Waals surface area contributed by atoms with Crippen LogP contribution < -0.4 is 0 Å². The van der Waals surface area contributed by atoms with Gasteiger partial charge in [0.15, 0.2) is 6.10 Å². The standard InChI is InChI=1S/C51H92O5/c1-3-5-7-9-11-13-15-16-17-18-19-20-21-22-23-24-25-26-27-28-29-30-31-32-33-34-36-38-40-42-44-46-51(54)56-49(47-52)48-55-50(53)45-43-41-39-37-35-14-12-10-8-6-4-2/h10,12,15-16,18-19,21-22,49,52H,3-9,11,13-14,17,20,23-48H2,1-2H3/b12-10-,16-15-,19-18-,22-21-. The van der Waals surface area contributed by atoms with Gasteiger partial charge in [-0.15, -0.1) is 0 Å². The third-order valence-corrected chi connectivity index (χ3v) is 10.6. The Balaban J connectivity index is 3.45. The average molecular weight is 785 g/mol. The Labute approximate surface area is 348 Å². The van der Waals surface area contributed by atoms with Crippen LogP contribution in [0.3, 0.4) is 0 Å². The maximum absolute atomic E-state index is 12.2. The van der Waals surface area contributed by atoms with Crippen molar-refractivity contribution < 1.29 is 24.2 Å². The monoisotopic (exact) mass is 785 g/mol. The van der Waals surface area contributed by atoms with Crippen molar-refractivity contribution in [2.45, 2.75) is 251 Å². The van der Waals surface area contributed by atoms with Crippen LogP contribution in [-0.4, -0.2) is 36.4 Å². The van der Waals surface area contributed by atoms with Gasteiger partial charge >= 0.3 is 11.9 Å². The lowest BCUT2D eigenvalue weighted by molar-refractivity contribution is -0.161. The average Bonchev–Trinajstić information content (AvgIpc) is 3.20. The van der Waals surface area contributed by atoms with E-state index in [1.165, 1.54) is 161 Å². The fourth-order valence-corrected chi connectivity index (χ4v) is 6.90. The van der Waals surface area contributed by atoms with Gasteiger partial charge in [-0.25, -0.2) is 0 Å². The molecule has 1 unspecified atom stereocenters. The highest BCUT2D eigenvalue weighted by Gasteiger charge is 2.16. The lowest BCUT2D eigenvalue weighted by atomic mass is 10.0. The van der Waals surface area contributed by atoms with Crippen LogP contribution in [0.15, 0.2) is 48.6 Å². The molecule has 5 nitrogen and oxygen atoms in total. The van der Waals surface area contributed by atoms with Crippen LogP contribution in [0, 0.1) is 0 Å². The number of aliphatic hydroxyl groups is 1. The fraction of sp³-hybridized carbons (Fsp3) is 0.804. The molecule has 0 aliphatic carbocycles. The van der Waals surface area contributed by atoms with Gasteiger partial charge in [0.1, 0.15) is 6.61 Å². The molecule has 5 heteroatoms. The van der Waals surface area contributed by atoms with Gasteiger partial charge in [-0.3, -0.25) is 9.59 Å². The highest BCUT2D eigenvalue weighted by atomic mass is 16.6. The summed E-state index contributed by atoms with van der Waals surface area (Å²) in [5, 5.41) is 9.58.